The van der Waals surface area contributed by atoms with Crippen molar-refractivity contribution in [1.29, 1.82) is 5.26 Å². The number of nitrogens with zero attached hydrogens (tertiary/aromatic N) is 2. The molecule has 0 amide bonds. The van der Waals surface area contributed by atoms with E-state index in [1.807, 2.05) is 6.07 Å². The first-order valence-corrected chi connectivity index (χ1v) is 6.99. The summed E-state index contributed by atoms with van der Waals surface area (Å²) in [6.45, 7) is 2.00. The van der Waals surface area contributed by atoms with Crippen molar-refractivity contribution in [2.45, 2.75) is 31.7 Å². The van der Waals surface area contributed by atoms with Crippen LogP contribution in [-0.4, -0.2) is 17.1 Å². The second-order valence-corrected chi connectivity index (χ2v) is 5.64. The Labute approximate surface area is 132 Å². The number of nitro groups is 1. The summed E-state index contributed by atoms with van der Waals surface area (Å²) in [4.78, 5) is 10.1. The Bertz CT molecular complexity index is 547. The summed E-state index contributed by atoms with van der Waals surface area (Å²) < 4.78 is 5.44. The van der Waals surface area contributed by atoms with Gasteiger partial charge in [-0.1, -0.05) is 23.2 Å². The lowest BCUT2D eigenvalue weighted by Crippen LogP contribution is -2.33. The highest BCUT2D eigenvalue weighted by Gasteiger charge is 2.17. The zero-order valence-corrected chi connectivity index (χ0v) is 12.9. The molecule has 21 heavy (non-hydrogen) atoms. The molecule has 0 bridgehead atoms. The standard InChI is InChI=1S/C13H15Cl2N3O3/c1-13(17,8-16)4-2-3-5-21-12-10(14)6-9(18(19)20)7-11(12)15/h6-7H,2-5,17H2,1H3. The van der Waals surface area contributed by atoms with E-state index in [4.69, 9.17) is 38.9 Å². The second-order valence-electron chi connectivity index (χ2n) is 4.83. The lowest BCUT2D eigenvalue weighted by molar-refractivity contribution is -0.384. The van der Waals surface area contributed by atoms with E-state index in [1.165, 1.54) is 12.1 Å². The molecule has 0 aliphatic carbocycles. The molecule has 0 radical (unpaired) electrons. The monoisotopic (exact) mass is 331 g/mol. The van der Waals surface area contributed by atoms with Gasteiger partial charge in [-0.15, -0.1) is 0 Å². The Kier molecular flexibility index (Phi) is 6.21. The summed E-state index contributed by atoms with van der Waals surface area (Å²) in [5, 5.41) is 19.6. The Balaban J connectivity index is 2.54. The van der Waals surface area contributed by atoms with Crippen molar-refractivity contribution in [3.05, 3.63) is 32.3 Å². The third-order valence-electron chi connectivity index (χ3n) is 2.79. The van der Waals surface area contributed by atoms with Crippen LogP contribution in [0, 0.1) is 21.4 Å². The van der Waals surface area contributed by atoms with Crippen LogP contribution in [0.5, 0.6) is 5.75 Å². The molecule has 0 aliphatic heterocycles. The van der Waals surface area contributed by atoms with Crippen LogP contribution in [0.15, 0.2) is 12.1 Å². The number of ether oxygens (including phenoxy) is 1. The molecule has 1 atom stereocenters. The van der Waals surface area contributed by atoms with Crippen LogP contribution in [0.25, 0.3) is 0 Å². The number of non-ortho nitro benzene ring substituents is 1. The number of nitriles is 1. The normalized spacial score (nSPS) is 13.3. The third kappa shape index (κ3) is 5.38. The van der Waals surface area contributed by atoms with E-state index in [0.29, 0.717) is 25.9 Å². The van der Waals surface area contributed by atoms with Gasteiger partial charge < -0.3 is 10.5 Å². The number of hydrogen-bond donors (Lipinski definition) is 1. The fourth-order valence-corrected chi connectivity index (χ4v) is 2.20. The quantitative estimate of drug-likeness (QED) is 0.466. The summed E-state index contributed by atoms with van der Waals surface area (Å²) in [6.07, 6.45) is 1.93. The van der Waals surface area contributed by atoms with Crippen molar-refractivity contribution < 1.29 is 9.66 Å². The molecule has 1 aromatic carbocycles. The van der Waals surface area contributed by atoms with Gasteiger partial charge in [0, 0.05) is 12.1 Å². The van der Waals surface area contributed by atoms with Crippen molar-refractivity contribution in [3.8, 4) is 11.8 Å². The van der Waals surface area contributed by atoms with Gasteiger partial charge in [0.15, 0.2) is 5.75 Å². The molecule has 0 fully saturated rings. The minimum absolute atomic E-state index is 0.0925. The van der Waals surface area contributed by atoms with Gasteiger partial charge in [-0.3, -0.25) is 10.1 Å². The van der Waals surface area contributed by atoms with Crippen molar-refractivity contribution in [2.24, 2.45) is 5.73 Å². The maximum Gasteiger partial charge on any atom is 0.272 e. The minimum Gasteiger partial charge on any atom is -0.490 e. The molecule has 8 heteroatoms. The Morgan fingerprint density at radius 3 is 2.48 bits per heavy atom. The number of unbranched alkanes of at least 4 members (excludes halogenated alkanes) is 1. The van der Waals surface area contributed by atoms with Gasteiger partial charge in [0.2, 0.25) is 0 Å². The van der Waals surface area contributed by atoms with Crippen molar-refractivity contribution >= 4 is 28.9 Å². The fraction of sp³-hybridized carbons (Fsp3) is 0.462. The van der Waals surface area contributed by atoms with Gasteiger partial charge in [-0.25, -0.2) is 0 Å². The zero-order chi connectivity index (χ0) is 16.0. The number of hydrogen-bond acceptors (Lipinski definition) is 5. The van der Waals surface area contributed by atoms with Gasteiger partial charge in [0.05, 0.1) is 27.6 Å². The van der Waals surface area contributed by atoms with Crippen LogP contribution < -0.4 is 10.5 Å². The SMILES string of the molecule is CC(N)(C#N)CCCCOc1c(Cl)cc([N+](=O)[O-])cc1Cl. The van der Waals surface area contributed by atoms with Crippen molar-refractivity contribution in [2.75, 3.05) is 6.61 Å². The van der Waals surface area contributed by atoms with Gasteiger partial charge in [-0.2, -0.15) is 5.26 Å². The molecule has 0 aromatic heterocycles. The summed E-state index contributed by atoms with van der Waals surface area (Å²) >= 11 is 11.8. The minimum atomic E-state index is -0.845. The summed E-state index contributed by atoms with van der Waals surface area (Å²) in [5.74, 6) is 0.222. The number of halogens is 2. The van der Waals surface area contributed by atoms with E-state index < -0.39 is 10.5 Å². The smallest absolute Gasteiger partial charge is 0.272 e. The Hall–Kier alpha value is -1.55. The van der Waals surface area contributed by atoms with Crippen LogP contribution in [0.4, 0.5) is 5.69 Å². The predicted molar refractivity (Wildman–Crippen MR) is 80.7 cm³/mol. The molecule has 114 valence electrons. The average molecular weight is 332 g/mol. The van der Waals surface area contributed by atoms with E-state index in [2.05, 4.69) is 0 Å². The number of rotatable bonds is 7. The largest absolute Gasteiger partial charge is 0.490 e. The van der Waals surface area contributed by atoms with Gasteiger partial charge in [-0.05, 0) is 26.2 Å². The fourth-order valence-electron chi connectivity index (χ4n) is 1.61. The lowest BCUT2D eigenvalue weighted by atomic mass is 9.98. The molecule has 0 spiro atoms. The van der Waals surface area contributed by atoms with E-state index in [9.17, 15) is 10.1 Å². The first kappa shape index (κ1) is 17.5. The molecule has 0 heterocycles. The highest BCUT2D eigenvalue weighted by molar-refractivity contribution is 6.37. The highest BCUT2D eigenvalue weighted by atomic mass is 35.5. The molecule has 0 saturated heterocycles. The van der Waals surface area contributed by atoms with Crippen LogP contribution in [0.1, 0.15) is 26.2 Å². The summed E-state index contributed by atoms with van der Waals surface area (Å²) in [6, 6.07) is 4.40. The molecule has 0 saturated carbocycles. The van der Waals surface area contributed by atoms with Gasteiger partial charge in [0.1, 0.15) is 5.54 Å². The zero-order valence-electron chi connectivity index (χ0n) is 11.4. The van der Waals surface area contributed by atoms with Crippen LogP contribution in [0.2, 0.25) is 10.0 Å². The maximum atomic E-state index is 10.6. The topological polar surface area (TPSA) is 102 Å². The predicted octanol–water partition coefficient (Wildman–Crippen LogP) is 3.69. The number of benzene rings is 1. The number of nitro benzene ring substituents is 1. The highest BCUT2D eigenvalue weighted by Crippen LogP contribution is 2.36. The van der Waals surface area contributed by atoms with Crippen LogP contribution in [-0.2, 0) is 0 Å². The third-order valence-corrected chi connectivity index (χ3v) is 3.35. The molecule has 1 rings (SSSR count). The molecule has 1 aromatic rings. The molecule has 1 unspecified atom stereocenters. The van der Waals surface area contributed by atoms with E-state index in [-0.39, 0.29) is 21.5 Å². The van der Waals surface area contributed by atoms with Crippen molar-refractivity contribution in [1.82, 2.24) is 0 Å². The van der Waals surface area contributed by atoms with E-state index in [1.54, 1.807) is 6.92 Å². The summed E-state index contributed by atoms with van der Waals surface area (Å²) in [7, 11) is 0. The van der Waals surface area contributed by atoms with E-state index >= 15 is 0 Å². The van der Waals surface area contributed by atoms with E-state index in [0.717, 1.165) is 0 Å². The Morgan fingerprint density at radius 2 is 2.00 bits per heavy atom. The summed E-state index contributed by atoms with van der Waals surface area (Å²) in [5.41, 5.74) is 4.66. The molecular formula is C13H15Cl2N3O3. The number of nitrogens with two attached hydrogens (primary N) is 1. The average Bonchev–Trinajstić information content (AvgIpc) is 2.40. The molecular weight excluding hydrogens is 317 g/mol. The maximum absolute atomic E-state index is 10.6. The first-order valence-electron chi connectivity index (χ1n) is 6.23. The molecule has 0 aliphatic rings. The van der Waals surface area contributed by atoms with Gasteiger partial charge in [0.25, 0.3) is 5.69 Å². The van der Waals surface area contributed by atoms with Gasteiger partial charge >= 0.3 is 0 Å². The second kappa shape index (κ2) is 7.46. The first-order chi connectivity index (χ1) is 9.76. The van der Waals surface area contributed by atoms with Crippen LogP contribution in [0.3, 0.4) is 0 Å². The lowest BCUT2D eigenvalue weighted by Gasteiger charge is -2.15. The Morgan fingerprint density at radius 1 is 1.43 bits per heavy atom. The molecule has 2 N–H and O–H groups in total. The molecule has 6 nitrogen and oxygen atoms in total. The van der Waals surface area contributed by atoms with Crippen LogP contribution >= 0.6 is 23.2 Å². The van der Waals surface area contributed by atoms with Crippen molar-refractivity contribution in [3.63, 3.8) is 0 Å².